The van der Waals surface area contributed by atoms with Crippen molar-refractivity contribution in [3.05, 3.63) is 34.9 Å². The van der Waals surface area contributed by atoms with E-state index in [1.165, 1.54) is 11.1 Å². The summed E-state index contributed by atoms with van der Waals surface area (Å²) in [5.41, 5.74) is 2.87. The van der Waals surface area contributed by atoms with Crippen LogP contribution in [0.5, 0.6) is 0 Å². The van der Waals surface area contributed by atoms with Crippen LogP contribution in [-0.4, -0.2) is 22.5 Å². The highest BCUT2D eigenvalue weighted by Gasteiger charge is 2.30. The third-order valence-corrected chi connectivity index (χ3v) is 4.31. The van der Waals surface area contributed by atoms with Crippen molar-refractivity contribution in [2.45, 2.75) is 60.6 Å². The van der Waals surface area contributed by atoms with E-state index in [-0.39, 0.29) is 16.7 Å². The van der Waals surface area contributed by atoms with Gasteiger partial charge in [0.2, 0.25) is 5.91 Å². The molecule has 1 aliphatic rings. The summed E-state index contributed by atoms with van der Waals surface area (Å²) in [4.78, 5) is 14.4. The SMILES string of the molecule is CC(C)(C)C(=O)N1CCc2ccc(C(O)C(C)(C)C)cc2C1. The van der Waals surface area contributed by atoms with E-state index in [2.05, 4.69) is 12.1 Å². The molecular formula is C19H29NO2. The minimum absolute atomic E-state index is 0.191. The highest BCUT2D eigenvalue weighted by atomic mass is 16.3. The van der Waals surface area contributed by atoms with Crippen molar-refractivity contribution in [2.75, 3.05) is 6.54 Å². The summed E-state index contributed by atoms with van der Waals surface area (Å²) in [5.74, 6) is 0.194. The Labute approximate surface area is 134 Å². The second-order valence-electron chi connectivity index (χ2n) is 8.52. The molecule has 0 aliphatic carbocycles. The van der Waals surface area contributed by atoms with Crippen LogP contribution in [0.2, 0.25) is 0 Å². The Kier molecular flexibility index (Phi) is 4.40. The molecule has 1 amide bonds. The number of amides is 1. The molecule has 2 rings (SSSR count). The molecule has 122 valence electrons. The van der Waals surface area contributed by atoms with E-state index in [0.717, 1.165) is 18.5 Å². The number of fused-ring (bicyclic) bond motifs is 1. The molecule has 1 N–H and O–H groups in total. The van der Waals surface area contributed by atoms with Crippen molar-refractivity contribution in [1.29, 1.82) is 0 Å². The molecule has 0 saturated heterocycles. The molecule has 1 aliphatic heterocycles. The molecule has 0 spiro atoms. The molecule has 0 saturated carbocycles. The molecule has 22 heavy (non-hydrogen) atoms. The predicted molar refractivity (Wildman–Crippen MR) is 89.4 cm³/mol. The Balaban J connectivity index is 2.26. The Morgan fingerprint density at radius 2 is 1.77 bits per heavy atom. The van der Waals surface area contributed by atoms with Crippen molar-refractivity contribution in [1.82, 2.24) is 4.90 Å². The average Bonchev–Trinajstić information content (AvgIpc) is 2.42. The van der Waals surface area contributed by atoms with Gasteiger partial charge in [0.05, 0.1) is 6.10 Å². The van der Waals surface area contributed by atoms with Crippen molar-refractivity contribution in [3.63, 3.8) is 0 Å². The van der Waals surface area contributed by atoms with Crippen LogP contribution in [0.3, 0.4) is 0 Å². The van der Waals surface area contributed by atoms with Gasteiger partial charge in [-0.2, -0.15) is 0 Å². The average molecular weight is 303 g/mol. The molecule has 0 radical (unpaired) electrons. The zero-order valence-corrected chi connectivity index (χ0v) is 14.7. The van der Waals surface area contributed by atoms with Gasteiger partial charge in [-0.3, -0.25) is 4.79 Å². The third-order valence-electron chi connectivity index (χ3n) is 4.31. The summed E-state index contributed by atoms with van der Waals surface area (Å²) < 4.78 is 0. The fourth-order valence-corrected chi connectivity index (χ4v) is 2.89. The van der Waals surface area contributed by atoms with E-state index in [0.29, 0.717) is 6.54 Å². The molecule has 1 atom stereocenters. The lowest BCUT2D eigenvalue weighted by Gasteiger charge is -2.34. The number of aliphatic hydroxyl groups excluding tert-OH is 1. The monoisotopic (exact) mass is 303 g/mol. The molecule has 3 heteroatoms. The van der Waals surface area contributed by atoms with E-state index in [4.69, 9.17) is 0 Å². The second kappa shape index (κ2) is 5.69. The standard InChI is InChI=1S/C19H29NO2/c1-18(2,3)16(21)14-8-7-13-9-10-20(12-15(13)11-14)17(22)19(4,5)6/h7-8,11,16,21H,9-10,12H2,1-6H3. The molecule has 1 aromatic rings. The van der Waals surface area contributed by atoms with E-state index < -0.39 is 6.10 Å². The molecule has 0 fully saturated rings. The lowest BCUT2D eigenvalue weighted by atomic mass is 9.83. The van der Waals surface area contributed by atoms with Crippen LogP contribution >= 0.6 is 0 Å². The normalized spacial score (nSPS) is 17.1. The first-order chi connectivity index (χ1) is 10.00. The predicted octanol–water partition coefficient (Wildman–Crippen LogP) is 3.70. The van der Waals surface area contributed by atoms with Gasteiger partial charge in [0.1, 0.15) is 0 Å². The summed E-state index contributed by atoms with van der Waals surface area (Å²) >= 11 is 0. The van der Waals surface area contributed by atoms with Crippen LogP contribution in [0.4, 0.5) is 0 Å². The van der Waals surface area contributed by atoms with Crippen LogP contribution in [-0.2, 0) is 17.8 Å². The first kappa shape index (κ1) is 17.0. The second-order valence-corrected chi connectivity index (χ2v) is 8.52. The van der Waals surface area contributed by atoms with Crippen LogP contribution < -0.4 is 0 Å². The number of carbonyl (C=O) groups excluding carboxylic acids is 1. The highest BCUT2D eigenvalue weighted by molar-refractivity contribution is 5.81. The van der Waals surface area contributed by atoms with Gasteiger partial charge in [-0.15, -0.1) is 0 Å². The maximum Gasteiger partial charge on any atom is 0.228 e. The van der Waals surface area contributed by atoms with E-state index >= 15 is 0 Å². The minimum Gasteiger partial charge on any atom is -0.388 e. The summed E-state index contributed by atoms with van der Waals surface area (Å²) in [6, 6.07) is 6.21. The number of aliphatic hydroxyl groups is 1. The third kappa shape index (κ3) is 3.52. The maximum absolute atomic E-state index is 12.5. The zero-order chi connectivity index (χ0) is 16.7. The Morgan fingerprint density at radius 1 is 1.14 bits per heavy atom. The Morgan fingerprint density at radius 3 is 2.32 bits per heavy atom. The summed E-state index contributed by atoms with van der Waals surface area (Å²) in [6.45, 7) is 13.4. The maximum atomic E-state index is 12.5. The van der Waals surface area contributed by atoms with Gasteiger partial charge in [0.25, 0.3) is 0 Å². The largest absolute Gasteiger partial charge is 0.388 e. The summed E-state index contributed by atoms with van der Waals surface area (Å²) in [5, 5.41) is 10.5. The van der Waals surface area contributed by atoms with Gasteiger partial charge < -0.3 is 10.0 Å². The fraction of sp³-hybridized carbons (Fsp3) is 0.632. The number of benzene rings is 1. The highest BCUT2D eigenvalue weighted by Crippen LogP contribution is 2.34. The molecule has 3 nitrogen and oxygen atoms in total. The van der Waals surface area contributed by atoms with E-state index in [1.54, 1.807) is 0 Å². The Hall–Kier alpha value is -1.35. The van der Waals surface area contributed by atoms with Crippen molar-refractivity contribution in [3.8, 4) is 0 Å². The first-order valence-electron chi connectivity index (χ1n) is 8.09. The van der Waals surface area contributed by atoms with Crippen LogP contribution in [0.1, 0.15) is 64.3 Å². The molecule has 0 bridgehead atoms. The molecule has 1 aromatic carbocycles. The molecule has 0 aromatic heterocycles. The van der Waals surface area contributed by atoms with E-state index in [9.17, 15) is 9.90 Å². The quantitative estimate of drug-likeness (QED) is 0.859. The van der Waals surface area contributed by atoms with Crippen molar-refractivity contribution < 1.29 is 9.90 Å². The smallest absolute Gasteiger partial charge is 0.228 e. The minimum atomic E-state index is -0.494. The molecule has 1 unspecified atom stereocenters. The van der Waals surface area contributed by atoms with Gasteiger partial charge in [0, 0.05) is 18.5 Å². The number of rotatable bonds is 1. The van der Waals surface area contributed by atoms with Crippen LogP contribution in [0.15, 0.2) is 18.2 Å². The summed E-state index contributed by atoms with van der Waals surface area (Å²) in [7, 11) is 0. The number of carbonyl (C=O) groups is 1. The number of hydrogen-bond donors (Lipinski definition) is 1. The molecule has 1 heterocycles. The van der Waals surface area contributed by atoms with Crippen molar-refractivity contribution >= 4 is 5.91 Å². The Bertz CT molecular complexity index is 564. The number of hydrogen-bond acceptors (Lipinski definition) is 2. The lowest BCUT2D eigenvalue weighted by molar-refractivity contribution is -0.140. The van der Waals surface area contributed by atoms with Gasteiger partial charge in [-0.1, -0.05) is 59.7 Å². The lowest BCUT2D eigenvalue weighted by Crippen LogP contribution is -2.42. The first-order valence-corrected chi connectivity index (χ1v) is 8.09. The fourth-order valence-electron chi connectivity index (χ4n) is 2.89. The van der Waals surface area contributed by atoms with Gasteiger partial charge in [0.15, 0.2) is 0 Å². The van der Waals surface area contributed by atoms with Gasteiger partial charge in [-0.05, 0) is 28.5 Å². The summed E-state index contributed by atoms with van der Waals surface area (Å²) in [6.07, 6.45) is 0.398. The van der Waals surface area contributed by atoms with E-state index in [1.807, 2.05) is 52.5 Å². The van der Waals surface area contributed by atoms with Gasteiger partial charge in [-0.25, -0.2) is 0 Å². The topological polar surface area (TPSA) is 40.5 Å². The van der Waals surface area contributed by atoms with Gasteiger partial charge >= 0.3 is 0 Å². The van der Waals surface area contributed by atoms with Crippen LogP contribution in [0.25, 0.3) is 0 Å². The number of nitrogens with zero attached hydrogens (tertiary/aromatic N) is 1. The van der Waals surface area contributed by atoms with Crippen LogP contribution in [0, 0.1) is 10.8 Å². The van der Waals surface area contributed by atoms with Crippen molar-refractivity contribution in [2.24, 2.45) is 10.8 Å². The molecular weight excluding hydrogens is 274 g/mol. The zero-order valence-electron chi connectivity index (χ0n) is 14.7.